The van der Waals surface area contributed by atoms with Crippen molar-refractivity contribution in [3.05, 3.63) is 120 Å². The normalized spacial score (nSPS) is 14.0. The van der Waals surface area contributed by atoms with Crippen LogP contribution in [0.25, 0.3) is 10.8 Å². The molecule has 4 aromatic carbocycles. The van der Waals surface area contributed by atoms with Crippen LogP contribution in [-0.4, -0.2) is 12.5 Å². The van der Waals surface area contributed by atoms with E-state index in [1.807, 2.05) is 36.4 Å². The minimum absolute atomic E-state index is 0.0208. The van der Waals surface area contributed by atoms with Gasteiger partial charge in [0.1, 0.15) is 12.4 Å². The van der Waals surface area contributed by atoms with E-state index in [4.69, 9.17) is 4.74 Å². The number of benzene rings is 4. The Kier molecular flexibility index (Phi) is 5.47. The van der Waals surface area contributed by atoms with Crippen molar-refractivity contribution >= 4 is 22.4 Å². The van der Waals surface area contributed by atoms with E-state index < -0.39 is 5.41 Å². The van der Waals surface area contributed by atoms with E-state index in [1.54, 1.807) is 6.08 Å². The van der Waals surface area contributed by atoms with Gasteiger partial charge in [-0.05, 0) is 48.6 Å². The molecule has 1 N–H and O–H groups in total. The van der Waals surface area contributed by atoms with Crippen LogP contribution in [0.2, 0.25) is 0 Å². The minimum atomic E-state index is -0.642. The summed E-state index contributed by atoms with van der Waals surface area (Å²) in [7, 11) is 0. The molecule has 0 heterocycles. The number of aryl methyl sites for hydroxylation is 1. The van der Waals surface area contributed by atoms with Crippen molar-refractivity contribution in [2.45, 2.75) is 25.2 Å². The highest BCUT2D eigenvalue weighted by Crippen LogP contribution is 2.42. The largest absolute Gasteiger partial charge is 0.489 e. The molecule has 0 aliphatic heterocycles. The Morgan fingerprint density at radius 3 is 2.21 bits per heavy atom. The van der Waals surface area contributed by atoms with Gasteiger partial charge in [0.25, 0.3) is 0 Å². The molecule has 1 aliphatic rings. The van der Waals surface area contributed by atoms with E-state index in [2.05, 4.69) is 67.4 Å². The lowest BCUT2D eigenvalue weighted by atomic mass is 9.76. The van der Waals surface area contributed by atoms with Gasteiger partial charge in [0.2, 0.25) is 5.91 Å². The van der Waals surface area contributed by atoms with Crippen LogP contribution in [0.5, 0.6) is 5.75 Å². The van der Waals surface area contributed by atoms with Crippen LogP contribution in [-0.2, 0) is 23.1 Å². The summed E-state index contributed by atoms with van der Waals surface area (Å²) in [5, 5.41) is 5.21. The molecule has 0 radical (unpaired) electrons. The van der Waals surface area contributed by atoms with Crippen LogP contribution in [0, 0.1) is 6.92 Å². The summed E-state index contributed by atoms with van der Waals surface area (Å²) in [6.45, 7) is 6.24. The van der Waals surface area contributed by atoms with Crippen molar-refractivity contribution in [1.82, 2.24) is 0 Å². The van der Waals surface area contributed by atoms with Gasteiger partial charge in [0, 0.05) is 16.5 Å². The third-order valence-corrected chi connectivity index (χ3v) is 6.63. The molecule has 0 saturated carbocycles. The van der Waals surface area contributed by atoms with Gasteiger partial charge in [0.05, 0.1) is 5.41 Å². The second-order valence-electron chi connectivity index (χ2n) is 8.78. The summed E-state index contributed by atoms with van der Waals surface area (Å²) in [5.74, 6) is 0.803. The van der Waals surface area contributed by atoms with E-state index in [0.29, 0.717) is 19.4 Å². The van der Waals surface area contributed by atoms with Gasteiger partial charge in [-0.2, -0.15) is 0 Å². The van der Waals surface area contributed by atoms with Gasteiger partial charge in [-0.15, -0.1) is 0 Å². The lowest BCUT2D eigenvalue weighted by Crippen LogP contribution is -2.41. The van der Waals surface area contributed by atoms with Crippen LogP contribution in [0.3, 0.4) is 0 Å². The number of nitrogens with one attached hydrogen (secondary N) is 1. The number of anilines is 1. The van der Waals surface area contributed by atoms with Crippen LogP contribution < -0.4 is 10.1 Å². The standard InChI is InChI=1S/C30H27NO2/c1-3-18-33-28-17-16-27(25-10-6-7-11-26(25)28)31-29(32)30(24-14-12-21(2)13-15-24)19-22-8-4-5-9-23(22)20-30/h3-17H,1,18-20H2,2H3,(H,31,32). The van der Waals surface area contributed by atoms with Gasteiger partial charge in [-0.25, -0.2) is 0 Å². The van der Waals surface area contributed by atoms with Crippen LogP contribution >= 0.6 is 0 Å². The van der Waals surface area contributed by atoms with Crippen molar-refractivity contribution in [3.63, 3.8) is 0 Å². The molecule has 1 amide bonds. The van der Waals surface area contributed by atoms with Crippen molar-refractivity contribution in [1.29, 1.82) is 0 Å². The van der Waals surface area contributed by atoms with Crippen LogP contribution in [0.1, 0.15) is 22.3 Å². The number of hydrogen-bond acceptors (Lipinski definition) is 2. The zero-order valence-electron chi connectivity index (χ0n) is 18.8. The fraction of sp³-hybridized carbons (Fsp3) is 0.167. The summed E-state index contributed by atoms with van der Waals surface area (Å²) in [5.41, 5.74) is 4.88. The van der Waals surface area contributed by atoms with Crippen LogP contribution in [0.4, 0.5) is 5.69 Å². The molecule has 3 nitrogen and oxygen atoms in total. The number of hydrogen-bond donors (Lipinski definition) is 1. The molecule has 33 heavy (non-hydrogen) atoms. The second-order valence-corrected chi connectivity index (χ2v) is 8.78. The molecule has 0 saturated heterocycles. The Balaban J connectivity index is 1.55. The first-order chi connectivity index (χ1) is 16.1. The molecule has 0 spiro atoms. The Bertz CT molecular complexity index is 1310. The number of rotatable bonds is 6. The highest BCUT2D eigenvalue weighted by molar-refractivity contribution is 6.07. The fourth-order valence-corrected chi connectivity index (χ4v) is 4.88. The first-order valence-electron chi connectivity index (χ1n) is 11.3. The molecule has 0 fully saturated rings. The number of carbonyl (C=O) groups excluding carboxylic acids is 1. The predicted octanol–water partition coefficient (Wildman–Crippen LogP) is 6.39. The number of fused-ring (bicyclic) bond motifs is 2. The van der Waals surface area contributed by atoms with Gasteiger partial charge in [-0.1, -0.05) is 91.0 Å². The Labute approximate surface area is 194 Å². The summed E-state index contributed by atoms with van der Waals surface area (Å²) < 4.78 is 5.84. The molecule has 0 bridgehead atoms. The first kappa shape index (κ1) is 21.0. The number of amides is 1. The molecular formula is C30H27NO2. The van der Waals surface area contributed by atoms with Gasteiger partial charge in [-0.3, -0.25) is 4.79 Å². The lowest BCUT2D eigenvalue weighted by molar-refractivity contribution is -0.121. The van der Waals surface area contributed by atoms with E-state index in [0.717, 1.165) is 27.8 Å². The van der Waals surface area contributed by atoms with Crippen molar-refractivity contribution in [2.75, 3.05) is 11.9 Å². The summed E-state index contributed by atoms with van der Waals surface area (Å²) in [6, 6.07) is 28.6. The SMILES string of the molecule is C=CCOc1ccc(NC(=O)C2(c3ccc(C)cc3)Cc3ccccc3C2)c2ccccc12. The zero-order chi connectivity index (χ0) is 22.8. The molecule has 164 valence electrons. The van der Waals surface area contributed by atoms with Crippen molar-refractivity contribution in [3.8, 4) is 5.75 Å². The second kappa shape index (κ2) is 8.59. The molecule has 3 heteroatoms. The highest BCUT2D eigenvalue weighted by atomic mass is 16.5. The fourth-order valence-electron chi connectivity index (χ4n) is 4.88. The molecule has 4 aromatic rings. The quantitative estimate of drug-likeness (QED) is 0.358. The zero-order valence-corrected chi connectivity index (χ0v) is 18.8. The lowest BCUT2D eigenvalue weighted by Gasteiger charge is -2.29. The number of ether oxygens (including phenoxy) is 1. The average Bonchev–Trinajstić information content (AvgIpc) is 3.25. The monoisotopic (exact) mass is 433 g/mol. The third-order valence-electron chi connectivity index (χ3n) is 6.63. The highest BCUT2D eigenvalue weighted by Gasteiger charge is 2.45. The minimum Gasteiger partial charge on any atom is -0.489 e. The van der Waals surface area contributed by atoms with Crippen LogP contribution in [0.15, 0.2) is 97.6 Å². The molecular weight excluding hydrogens is 406 g/mol. The average molecular weight is 434 g/mol. The summed E-state index contributed by atoms with van der Waals surface area (Å²) >= 11 is 0. The van der Waals surface area contributed by atoms with Crippen molar-refractivity contribution < 1.29 is 9.53 Å². The molecule has 1 aliphatic carbocycles. The molecule has 5 rings (SSSR count). The Morgan fingerprint density at radius 1 is 0.909 bits per heavy atom. The van der Waals surface area contributed by atoms with E-state index >= 15 is 0 Å². The maximum atomic E-state index is 14.0. The predicted molar refractivity (Wildman–Crippen MR) is 135 cm³/mol. The van der Waals surface area contributed by atoms with E-state index in [9.17, 15) is 4.79 Å². The van der Waals surface area contributed by atoms with Crippen molar-refractivity contribution in [2.24, 2.45) is 0 Å². The molecule has 0 atom stereocenters. The summed E-state index contributed by atoms with van der Waals surface area (Å²) in [6.07, 6.45) is 3.11. The first-order valence-corrected chi connectivity index (χ1v) is 11.3. The van der Waals surface area contributed by atoms with E-state index in [1.165, 1.54) is 16.7 Å². The number of carbonyl (C=O) groups is 1. The third kappa shape index (κ3) is 3.80. The summed E-state index contributed by atoms with van der Waals surface area (Å²) in [4.78, 5) is 14.0. The molecule has 0 aromatic heterocycles. The maximum absolute atomic E-state index is 14.0. The molecule has 0 unspecified atom stereocenters. The maximum Gasteiger partial charge on any atom is 0.235 e. The Hall–Kier alpha value is -3.85. The van der Waals surface area contributed by atoms with Gasteiger partial charge < -0.3 is 10.1 Å². The van der Waals surface area contributed by atoms with Gasteiger partial charge in [0.15, 0.2) is 0 Å². The van der Waals surface area contributed by atoms with Gasteiger partial charge >= 0.3 is 0 Å². The smallest absolute Gasteiger partial charge is 0.235 e. The Morgan fingerprint density at radius 2 is 1.55 bits per heavy atom. The topological polar surface area (TPSA) is 38.3 Å². The van der Waals surface area contributed by atoms with E-state index in [-0.39, 0.29) is 5.91 Å².